The van der Waals surface area contributed by atoms with E-state index in [0.717, 1.165) is 54.5 Å². The topological polar surface area (TPSA) is 125 Å². The molecule has 11 heteroatoms. The number of anilines is 1. The van der Waals surface area contributed by atoms with Crippen molar-refractivity contribution in [3.8, 4) is 17.2 Å². The molecule has 0 saturated carbocycles. The number of fused-ring (bicyclic) bond motifs is 1. The zero-order chi connectivity index (χ0) is 33.8. The fraction of sp³-hybridized carbons (Fsp3) is 0.444. The maximum absolute atomic E-state index is 13.2. The molecule has 2 amide bonds. The van der Waals surface area contributed by atoms with Crippen LogP contribution >= 0.6 is 11.3 Å². The van der Waals surface area contributed by atoms with E-state index in [-0.39, 0.29) is 12.5 Å². The molecule has 0 saturated heterocycles. The lowest BCUT2D eigenvalue weighted by Crippen LogP contribution is -2.33. The number of carbonyl (C=O) groups is 3. The summed E-state index contributed by atoms with van der Waals surface area (Å²) in [4.78, 5) is 39.7. The molecule has 252 valence electrons. The van der Waals surface area contributed by atoms with E-state index in [9.17, 15) is 14.4 Å². The van der Waals surface area contributed by atoms with Crippen LogP contribution in [-0.4, -0.2) is 49.9 Å². The van der Waals surface area contributed by atoms with Gasteiger partial charge in [0.1, 0.15) is 10.8 Å². The van der Waals surface area contributed by atoms with Crippen LogP contribution in [-0.2, 0) is 22.4 Å². The molecule has 4 rings (SSSR count). The van der Waals surface area contributed by atoms with Crippen molar-refractivity contribution in [2.24, 2.45) is 11.0 Å². The standard InChI is InChI=1S/C36H45N3O7S/c1-6-9-10-19-45-29-18-12-25(21-30(29)43-7-2)22-37-39-33(40)24(5)46-27-15-13-26(14-16-27)34(41)38-35-32(36(42)44-8-3)28-17-11-23(4)20-31(28)47-35/h12-16,18,21-24H,6-11,17,19-20H2,1-5H3,(H,38,41)(H,39,40)/b37-22-/t23-,24+/m0/s1. The summed E-state index contributed by atoms with van der Waals surface area (Å²) in [7, 11) is 0. The summed E-state index contributed by atoms with van der Waals surface area (Å²) in [5.41, 5.74) is 5.08. The van der Waals surface area contributed by atoms with E-state index >= 15 is 0 Å². The van der Waals surface area contributed by atoms with Crippen LogP contribution in [0.15, 0.2) is 47.6 Å². The molecule has 1 heterocycles. The minimum absolute atomic E-state index is 0.260. The number of thiophene rings is 1. The zero-order valence-corrected chi connectivity index (χ0v) is 28.7. The number of nitrogens with one attached hydrogen (secondary N) is 2. The van der Waals surface area contributed by atoms with Crippen LogP contribution in [0.4, 0.5) is 5.00 Å². The molecule has 0 bridgehead atoms. The summed E-state index contributed by atoms with van der Waals surface area (Å²) in [6.45, 7) is 11.0. The van der Waals surface area contributed by atoms with Gasteiger partial charge in [0.2, 0.25) is 0 Å². The molecule has 0 radical (unpaired) electrons. The van der Waals surface area contributed by atoms with Gasteiger partial charge < -0.3 is 24.3 Å². The first kappa shape index (κ1) is 35.5. The first-order valence-electron chi connectivity index (χ1n) is 16.4. The van der Waals surface area contributed by atoms with E-state index in [1.807, 2.05) is 25.1 Å². The smallest absolute Gasteiger partial charge is 0.341 e. The van der Waals surface area contributed by atoms with Crippen LogP contribution in [0, 0.1) is 5.92 Å². The largest absolute Gasteiger partial charge is 0.490 e. The summed E-state index contributed by atoms with van der Waals surface area (Å²) in [5.74, 6) is 1.04. The van der Waals surface area contributed by atoms with Gasteiger partial charge in [-0.25, -0.2) is 10.2 Å². The molecule has 2 atom stereocenters. The Kier molecular flexibility index (Phi) is 13.2. The molecule has 0 aliphatic heterocycles. The summed E-state index contributed by atoms with van der Waals surface area (Å²) >= 11 is 1.44. The number of hydrazone groups is 1. The first-order chi connectivity index (χ1) is 22.7. The summed E-state index contributed by atoms with van der Waals surface area (Å²) in [5, 5.41) is 7.51. The number of amides is 2. The Labute approximate surface area is 280 Å². The van der Waals surface area contributed by atoms with Crippen molar-refractivity contribution in [1.29, 1.82) is 0 Å². The summed E-state index contributed by atoms with van der Waals surface area (Å²) in [6, 6.07) is 12.0. The molecule has 0 fully saturated rings. The number of unbranched alkanes of at least 4 members (excludes halogenated alkanes) is 2. The quantitative estimate of drug-likeness (QED) is 0.0720. The minimum atomic E-state index is -0.850. The van der Waals surface area contributed by atoms with Crippen molar-refractivity contribution >= 4 is 40.3 Å². The second-order valence-corrected chi connectivity index (χ2v) is 12.5. The van der Waals surface area contributed by atoms with Crippen molar-refractivity contribution in [3.05, 3.63) is 69.6 Å². The van der Waals surface area contributed by atoms with Gasteiger partial charge in [0.25, 0.3) is 11.8 Å². The van der Waals surface area contributed by atoms with E-state index in [4.69, 9.17) is 18.9 Å². The van der Waals surface area contributed by atoms with Gasteiger partial charge in [-0.05, 0) is 106 Å². The van der Waals surface area contributed by atoms with Gasteiger partial charge in [-0.1, -0.05) is 26.7 Å². The van der Waals surface area contributed by atoms with E-state index in [1.165, 1.54) is 17.6 Å². The molecular weight excluding hydrogens is 618 g/mol. The average Bonchev–Trinajstić information content (AvgIpc) is 3.41. The lowest BCUT2D eigenvalue weighted by Gasteiger charge is -2.18. The summed E-state index contributed by atoms with van der Waals surface area (Å²) in [6.07, 6.45) is 6.54. The van der Waals surface area contributed by atoms with E-state index in [1.54, 1.807) is 38.1 Å². The number of carbonyl (C=O) groups excluding carboxylic acids is 3. The molecule has 10 nitrogen and oxygen atoms in total. The highest BCUT2D eigenvalue weighted by molar-refractivity contribution is 7.17. The lowest BCUT2D eigenvalue weighted by molar-refractivity contribution is -0.127. The van der Waals surface area contributed by atoms with Gasteiger partial charge in [0.05, 0.1) is 31.6 Å². The third-order valence-electron chi connectivity index (χ3n) is 7.68. The van der Waals surface area contributed by atoms with Crippen molar-refractivity contribution in [2.45, 2.75) is 79.2 Å². The fourth-order valence-electron chi connectivity index (χ4n) is 5.16. The van der Waals surface area contributed by atoms with Crippen molar-refractivity contribution < 1.29 is 33.3 Å². The van der Waals surface area contributed by atoms with Gasteiger partial charge in [-0.2, -0.15) is 5.10 Å². The Bertz CT molecular complexity index is 1550. The van der Waals surface area contributed by atoms with Crippen LogP contribution in [0.1, 0.15) is 97.0 Å². The van der Waals surface area contributed by atoms with E-state index in [2.05, 4.69) is 29.7 Å². The average molecular weight is 664 g/mol. The Hall–Kier alpha value is -4.38. The number of hydrogen-bond donors (Lipinski definition) is 2. The monoisotopic (exact) mass is 663 g/mol. The van der Waals surface area contributed by atoms with E-state index < -0.39 is 18.0 Å². The molecule has 0 unspecified atom stereocenters. The SMILES string of the molecule is CCCCCOc1ccc(/C=N\NC(=O)[C@@H](C)Oc2ccc(C(=O)Nc3sc4c(c3C(=O)OCC)CC[C@H](C)C4)cc2)cc1OCC. The number of nitrogens with zero attached hydrogens (tertiary/aromatic N) is 1. The lowest BCUT2D eigenvalue weighted by atomic mass is 9.88. The predicted octanol–water partition coefficient (Wildman–Crippen LogP) is 7.19. The minimum Gasteiger partial charge on any atom is -0.490 e. The van der Waals surface area contributed by atoms with Crippen LogP contribution in [0.3, 0.4) is 0 Å². The molecule has 1 aromatic heterocycles. The Morgan fingerprint density at radius 1 is 1.02 bits per heavy atom. The highest BCUT2D eigenvalue weighted by Crippen LogP contribution is 2.40. The normalized spacial score (nSPS) is 14.6. The van der Waals surface area contributed by atoms with Crippen molar-refractivity contribution in [3.63, 3.8) is 0 Å². The number of hydrogen-bond acceptors (Lipinski definition) is 9. The second-order valence-electron chi connectivity index (χ2n) is 11.4. The molecular formula is C36H45N3O7S. The van der Waals surface area contributed by atoms with Gasteiger partial charge in [0, 0.05) is 10.4 Å². The van der Waals surface area contributed by atoms with Gasteiger partial charge in [0.15, 0.2) is 17.6 Å². The molecule has 0 spiro atoms. The van der Waals surface area contributed by atoms with Crippen LogP contribution in [0.5, 0.6) is 17.2 Å². The van der Waals surface area contributed by atoms with Gasteiger partial charge >= 0.3 is 5.97 Å². The van der Waals surface area contributed by atoms with Gasteiger partial charge in [-0.3, -0.25) is 9.59 Å². The Morgan fingerprint density at radius 3 is 2.53 bits per heavy atom. The number of rotatable bonds is 16. The molecule has 1 aliphatic rings. The van der Waals surface area contributed by atoms with Crippen molar-refractivity contribution in [1.82, 2.24) is 5.43 Å². The molecule has 2 aromatic carbocycles. The molecule has 1 aliphatic carbocycles. The predicted molar refractivity (Wildman–Crippen MR) is 184 cm³/mol. The number of esters is 1. The van der Waals surface area contributed by atoms with Gasteiger partial charge in [-0.15, -0.1) is 11.3 Å². The van der Waals surface area contributed by atoms with E-state index in [0.29, 0.717) is 52.5 Å². The van der Waals surface area contributed by atoms with Crippen molar-refractivity contribution in [2.75, 3.05) is 25.1 Å². The maximum Gasteiger partial charge on any atom is 0.341 e. The third-order valence-corrected chi connectivity index (χ3v) is 8.85. The third kappa shape index (κ3) is 9.81. The maximum atomic E-state index is 13.2. The zero-order valence-electron chi connectivity index (χ0n) is 27.9. The highest BCUT2D eigenvalue weighted by atomic mass is 32.1. The number of ether oxygens (including phenoxy) is 4. The Balaban J connectivity index is 1.32. The van der Waals surface area contributed by atoms with Crippen LogP contribution in [0.25, 0.3) is 0 Å². The fourth-order valence-corrected chi connectivity index (χ4v) is 6.56. The van der Waals surface area contributed by atoms with Crippen LogP contribution < -0.4 is 25.0 Å². The summed E-state index contributed by atoms with van der Waals surface area (Å²) < 4.78 is 22.7. The molecule has 2 N–H and O–H groups in total. The van der Waals surface area contributed by atoms with Crippen LogP contribution in [0.2, 0.25) is 0 Å². The highest BCUT2D eigenvalue weighted by Gasteiger charge is 2.29. The molecule has 47 heavy (non-hydrogen) atoms. The number of benzene rings is 2. The Morgan fingerprint density at radius 2 is 1.81 bits per heavy atom. The molecule has 3 aromatic rings. The second kappa shape index (κ2) is 17.5. The first-order valence-corrected chi connectivity index (χ1v) is 17.2.